The summed E-state index contributed by atoms with van der Waals surface area (Å²) < 4.78 is 15.2. The summed E-state index contributed by atoms with van der Waals surface area (Å²) in [6.45, 7) is -0.237. The summed E-state index contributed by atoms with van der Waals surface area (Å²) in [5.41, 5.74) is 1.21. The highest BCUT2D eigenvalue weighted by molar-refractivity contribution is 6.39. The number of hydrogen-bond donors (Lipinski definition) is 2. The van der Waals surface area contributed by atoms with Gasteiger partial charge in [-0.25, -0.2) is 14.5 Å². The molecule has 3 aromatic rings. The number of hydrogen-bond acceptors (Lipinski definition) is 8. The lowest BCUT2D eigenvalue weighted by atomic mass is 10.1. The van der Waals surface area contributed by atoms with E-state index in [1.807, 2.05) is 0 Å². The van der Waals surface area contributed by atoms with Crippen molar-refractivity contribution in [2.75, 3.05) is 31.0 Å². The first-order valence-electron chi connectivity index (χ1n) is 11.6. The molecular weight excluding hydrogens is 506 g/mol. The van der Waals surface area contributed by atoms with Crippen LogP contribution in [0.25, 0.3) is 6.08 Å². The van der Waals surface area contributed by atoms with Gasteiger partial charge in [-0.2, -0.15) is 0 Å². The number of methoxy groups -OCH3 is 2. The van der Waals surface area contributed by atoms with Crippen LogP contribution in [-0.2, 0) is 19.1 Å². The number of carbonyl (C=O) groups excluding carboxylic acids is 5. The van der Waals surface area contributed by atoms with Crippen LogP contribution in [0.3, 0.4) is 0 Å². The zero-order valence-corrected chi connectivity index (χ0v) is 20.9. The van der Waals surface area contributed by atoms with E-state index in [2.05, 4.69) is 15.4 Å². The molecule has 0 unspecified atom stereocenters. The van der Waals surface area contributed by atoms with Gasteiger partial charge >= 0.3 is 12.0 Å². The zero-order chi connectivity index (χ0) is 27.9. The van der Waals surface area contributed by atoms with E-state index in [4.69, 9.17) is 9.47 Å². The number of benzene rings is 3. The minimum Gasteiger partial charge on any atom is -0.497 e. The maximum atomic E-state index is 13.1. The Morgan fingerprint density at radius 3 is 2.13 bits per heavy atom. The second-order valence-electron chi connectivity index (χ2n) is 8.13. The van der Waals surface area contributed by atoms with Crippen LogP contribution in [-0.4, -0.2) is 50.5 Å². The van der Waals surface area contributed by atoms with Crippen molar-refractivity contribution < 1.29 is 38.2 Å². The molecule has 11 heteroatoms. The number of rotatable bonds is 8. The van der Waals surface area contributed by atoms with Crippen molar-refractivity contribution in [2.24, 2.45) is 0 Å². The number of esters is 1. The molecule has 39 heavy (non-hydrogen) atoms. The van der Waals surface area contributed by atoms with Crippen LogP contribution in [0.2, 0.25) is 0 Å². The third-order valence-corrected chi connectivity index (χ3v) is 5.58. The normalized spacial score (nSPS) is 14.1. The van der Waals surface area contributed by atoms with Gasteiger partial charge in [-0.05, 0) is 72.3 Å². The molecule has 0 saturated carbocycles. The Labute approximate surface area is 223 Å². The van der Waals surface area contributed by atoms with Crippen LogP contribution >= 0.6 is 0 Å². The molecule has 1 saturated heterocycles. The van der Waals surface area contributed by atoms with Gasteiger partial charge in [0, 0.05) is 5.69 Å². The maximum Gasteiger partial charge on any atom is 0.337 e. The summed E-state index contributed by atoms with van der Waals surface area (Å²) in [7, 11) is 2.79. The van der Waals surface area contributed by atoms with Crippen molar-refractivity contribution in [3.8, 4) is 11.5 Å². The average molecular weight is 530 g/mol. The van der Waals surface area contributed by atoms with Gasteiger partial charge in [-0.15, -0.1) is 0 Å². The number of carbonyl (C=O) groups is 5. The van der Waals surface area contributed by atoms with Gasteiger partial charge in [0.2, 0.25) is 0 Å². The summed E-state index contributed by atoms with van der Waals surface area (Å²) >= 11 is 0. The van der Waals surface area contributed by atoms with Crippen LogP contribution in [0, 0.1) is 0 Å². The number of nitrogens with one attached hydrogen (secondary N) is 2. The Bertz CT molecular complexity index is 1450. The number of ether oxygens (including phenoxy) is 3. The summed E-state index contributed by atoms with van der Waals surface area (Å²) in [6.07, 6.45) is 1.33. The summed E-state index contributed by atoms with van der Waals surface area (Å²) in [5, 5.41) is 4.84. The lowest BCUT2D eigenvalue weighted by Gasteiger charge is -2.26. The highest BCUT2D eigenvalue weighted by Crippen LogP contribution is 2.23. The van der Waals surface area contributed by atoms with E-state index in [0.29, 0.717) is 22.7 Å². The number of urea groups is 1. The third-order valence-electron chi connectivity index (χ3n) is 5.58. The molecule has 198 valence electrons. The van der Waals surface area contributed by atoms with E-state index in [1.165, 1.54) is 37.5 Å². The van der Waals surface area contributed by atoms with Crippen molar-refractivity contribution in [1.82, 2.24) is 5.32 Å². The molecule has 1 aliphatic rings. The van der Waals surface area contributed by atoms with Crippen molar-refractivity contribution >= 4 is 47.2 Å². The molecule has 2 N–H and O–H groups in total. The molecule has 0 radical (unpaired) electrons. The monoisotopic (exact) mass is 529 g/mol. The fourth-order valence-electron chi connectivity index (χ4n) is 3.60. The molecule has 0 bridgehead atoms. The molecule has 0 aromatic heterocycles. The molecule has 1 heterocycles. The van der Waals surface area contributed by atoms with E-state index >= 15 is 0 Å². The Hall–Kier alpha value is -5.45. The SMILES string of the molecule is COC(=O)c1ccc(N2C(=O)NC(=O)/C(=C/c3ccc(OCC(=O)Nc4ccc(OC)cc4)cc3)C2=O)cc1. The molecule has 4 rings (SSSR count). The minimum atomic E-state index is -0.912. The van der Waals surface area contributed by atoms with Crippen LogP contribution in [0.15, 0.2) is 78.4 Å². The van der Waals surface area contributed by atoms with Gasteiger partial charge in [0.05, 0.1) is 25.5 Å². The Balaban J connectivity index is 1.41. The summed E-state index contributed by atoms with van der Waals surface area (Å²) in [5.74, 6) is -1.55. The highest BCUT2D eigenvalue weighted by atomic mass is 16.5. The quantitative estimate of drug-likeness (QED) is 0.258. The van der Waals surface area contributed by atoms with Gasteiger partial charge in [0.15, 0.2) is 6.61 Å². The minimum absolute atomic E-state index is 0.167. The number of barbiturate groups is 1. The third kappa shape index (κ3) is 6.28. The number of imide groups is 2. The molecule has 3 aromatic carbocycles. The van der Waals surface area contributed by atoms with E-state index in [-0.39, 0.29) is 29.3 Å². The summed E-state index contributed by atoms with van der Waals surface area (Å²) in [6, 6.07) is 17.9. The summed E-state index contributed by atoms with van der Waals surface area (Å²) in [4.78, 5) is 62.5. The van der Waals surface area contributed by atoms with Gasteiger partial charge in [0.1, 0.15) is 17.1 Å². The zero-order valence-electron chi connectivity index (χ0n) is 20.9. The molecule has 0 atom stereocenters. The average Bonchev–Trinajstić information content (AvgIpc) is 2.95. The highest BCUT2D eigenvalue weighted by Gasteiger charge is 2.36. The predicted octanol–water partition coefficient (Wildman–Crippen LogP) is 3.17. The van der Waals surface area contributed by atoms with E-state index in [0.717, 1.165) is 4.90 Å². The topological polar surface area (TPSA) is 140 Å². The molecule has 0 spiro atoms. The fraction of sp³-hybridized carbons (Fsp3) is 0.107. The van der Waals surface area contributed by atoms with Crippen molar-refractivity contribution in [1.29, 1.82) is 0 Å². The smallest absolute Gasteiger partial charge is 0.337 e. The van der Waals surface area contributed by atoms with E-state index in [1.54, 1.807) is 55.6 Å². The largest absolute Gasteiger partial charge is 0.497 e. The molecule has 1 fully saturated rings. The molecule has 11 nitrogen and oxygen atoms in total. The molecule has 5 amide bonds. The van der Waals surface area contributed by atoms with Crippen molar-refractivity contribution in [2.45, 2.75) is 0 Å². The standard InChI is InChI=1S/C28H23N3O8/c1-37-21-13-7-19(8-14-21)29-24(32)16-39-22-11-3-17(4-12-22)15-23-25(33)30-28(36)31(26(23)34)20-9-5-18(6-10-20)27(35)38-2/h3-15H,16H2,1-2H3,(H,29,32)(H,30,33,36)/b23-15-. The Morgan fingerprint density at radius 2 is 1.51 bits per heavy atom. The Kier molecular flexibility index (Phi) is 8.00. The molecule has 1 aliphatic heterocycles. The Morgan fingerprint density at radius 1 is 0.872 bits per heavy atom. The van der Waals surface area contributed by atoms with E-state index in [9.17, 15) is 24.0 Å². The first-order chi connectivity index (χ1) is 18.8. The van der Waals surface area contributed by atoms with Gasteiger partial charge in [-0.1, -0.05) is 12.1 Å². The van der Waals surface area contributed by atoms with Gasteiger partial charge < -0.3 is 19.5 Å². The first kappa shape index (κ1) is 26.6. The van der Waals surface area contributed by atoms with Crippen LogP contribution in [0.5, 0.6) is 11.5 Å². The molecular formula is C28H23N3O8. The number of nitrogens with zero attached hydrogens (tertiary/aromatic N) is 1. The van der Waals surface area contributed by atoms with Gasteiger partial charge in [0.25, 0.3) is 17.7 Å². The second-order valence-corrected chi connectivity index (χ2v) is 8.13. The first-order valence-corrected chi connectivity index (χ1v) is 11.6. The number of amides is 5. The van der Waals surface area contributed by atoms with Crippen LogP contribution < -0.4 is 25.0 Å². The van der Waals surface area contributed by atoms with E-state index < -0.39 is 23.8 Å². The lowest BCUT2D eigenvalue weighted by Crippen LogP contribution is -2.54. The van der Waals surface area contributed by atoms with Crippen LogP contribution in [0.1, 0.15) is 15.9 Å². The van der Waals surface area contributed by atoms with Gasteiger partial charge in [-0.3, -0.25) is 19.7 Å². The second kappa shape index (κ2) is 11.7. The molecule has 0 aliphatic carbocycles. The van der Waals surface area contributed by atoms with Crippen LogP contribution in [0.4, 0.5) is 16.2 Å². The fourth-order valence-corrected chi connectivity index (χ4v) is 3.60. The number of anilines is 2. The maximum absolute atomic E-state index is 13.1. The van der Waals surface area contributed by atoms with Crippen molar-refractivity contribution in [3.63, 3.8) is 0 Å². The lowest BCUT2D eigenvalue weighted by molar-refractivity contribution is -0.122. The predicted molar refractivity (Wildman–Crippen MR) is 140 cm³/mol. The van der Waals surface area contributed by atoms with Crippen molar-refractivity contribution in [3.05, 3.63) is 89.5 Å².